The van der Waals surface area contributed by atoms with Gasteiger partial charge in [-0.25, -0.2) is 0 Å². The third kappa shape index (κ3) is 2.58. The second-order valence-electron chi connectivity index (χ2n) is 6.19. The van der Waals surface area contributed by atoms with Crippen molar-refractivity contribution in [2.75, 3.05) is 0 Å². The fraction of sp³-hybridized carbons (Fsp3) is 0.714. The van der Waals surface area contributed by atoms with Crippen molar-refractivity contribution in [2.24, 2.45) is 0 Å². The van der Waals surface area contributed by atoms with Crippen molar-refractivity contribution in [1.29, 1.82) is 0 Å². The summed E-state index contributed by atoms with van der Waals surface area (Å²) in [5.74, 6) is 0. The molecular weight excluding hydrogens is 239 g/mol. The maximum Gasteiger partial charge on any atom is 0.498 e. The van der Waals surface area contributed by atoms with E-state index < -0.39 is 0 Å². The highest BCUT2D eigenvalue weighted by Gasteiger charge is 2.52. The largest absolute Gasteiger partial charge is 0.498 e. The first kappa shape index (κ1) is 14.6. The molecule has 4 nitrogen and oxygen atoms in total. The first-order valence-electron chi connectivity index (χ1n) is 6.99. The Morgan fingerprint density at radius 2 is 1.89 bits per heavy atom. The summed E-state index contributed by atoms with van der Waals surface area (Å²) in [6, 6.07) is 0.344. The van der Waals surface area contributed by atoms with E-state index in [9.17, 15) is 0 Å². The molecule has 1 saturated heterocycles. The van der Waals surface area contributed by atoms with Gasteiger partial charge >= 0.3 is 7.12 Å². The van der Waals surface area contributed by atoms with Crippen LogP contribution in [0.5, 0.6) is 0 Å². The zero-order chi connectivity index (χ0) is 14.3. The van der Waals surface area contributed by atoms with Crippen LogP contribution in [0.4, 0.5) is 0 Å². The van der Waals surface area contributed by atoms with E-state index in [1.807, 2.05) is 17.1 Å². The van der Waals surface area contributed by atoms with Crippen LogP contribution in [-0.2, 0) is 9.31 Å². The second-order valence-corrected chi connectivity index (χ2v) is 6.19. The van der Waals surface area contributed by atoms with E-state index in [4.69, 9.17) is 9.31 Å². The molecule has 1 unspecified atom stereocenters. The molecule has 1 fully saturated rings. The normalized spacial score (nSPS) is 21.3. The average molecular weight is 263 g/mol. The minimum atomic E-state index is -0.332. The summed E-state index contributed by atoms with van der Waals surface area (Å²) in [5.41, 5.74) is 0.359. The SMILES string of the molecule is [CH2]CC(CC)n1cc(B2OC(C)(C)C(C)(C)O2)cn1. The van der Waals surface area contributed by atoms with Crippen LogP contribution < -0.4 is 5.46 Å². The lowest BCUT2D eigenvalue weighted by Crippen LogP contribution is -2.41. The standard InChI is InChI=1S/C14H24BN2O2/c1-7-12(8-2)17-10-11(9-16-17)15-18-13(3,4)14(5,6)19-15/h9-10,12H,1,7-8H2,2-6H3. The third-order valence-electron chi connectivity index (χ3n) is 4.33. The highest BCUT2D eigenvalue weighted by molar-refractivity contribution is 6.61. The van der Waals surface area contributed by atoms with E-state index in [0.29, 0.717) is 6.04 Å². The van der Waals surface area contributed by atoms with Crippen LogP contribution in [0.3, 0.4) is 0 Å². The molecule has 105 valence electrons. The van der Waals surface area contributed by atoms with Crippen molar-refractivity contribution in [3.8, 4) is 0 Å². The molecule has 2 heterocycles. The van der Waals surface area contributed by atoms with Crippen LogP contribution in [-0.4, -0.2) is 28.1 Å². The summed E-state index contributed by atoms with van der Waals surface area (Å²) in [6.45, 7) is 14.3. The third-order valence-corrected chi connectivity index (χ3v) is 4.33. The molecular formula is C14H24BN2O2. The van der Waals surface area contributed by atoms with Gasteiger partial charge in [-0.3, -0.25) is 4.68 Å². The predicted molar refractivity (Wildman–Crippen MR) is 77.2 cm³/mol. The van der Waals surface area contributed by atoms with E-state index in [0.717, 1.165) is 18.3 Å². The summed E-state index contributed by atoms with van der Waals surface area (Å²) in [6.07, 6.45) is 5.71. The fourth-order valence-electron chi connectivity index (χ4n) is 2.18. The molecule has 5 heteroatoms. The van der Waals surface area contributed by atoms with Crippen molar-refractivity contribution in [2.45, 2.75) is 64.7 Å². The van der Waals surface area contributed by atoms with Crippen molar-refractivity contribution in [1.82, 2.24) is 9.78 Å². The Morgan fingerprint density at radius 1 is 1.32 bits per heavy atom. The van der Waals surface area contributed by atoms with Crippen LogP contribution in [0.25, 0.3) is 0 Å². The molecule has 1 radical (unpaired) electrons. The molecule has 1 aromatic heterocycles. The van der Waals surface area contributed by atoms with Crippen molar-refractivity contribution in [3.63, 3.8) is 0 Å². The van der Waals surface area contributed by atoms with Crippen molar-refractivity contribution >= 4 is 12.6 Å². The molecule has 2 rings (SSSR count). The summed E-state index contributed by atoms with van der Waals surface area (Å²) in [4.78, 5) is 0. The molecule has 1 aromatic rings. The minimum Gasteiger partial charge on any atom is -0.399 e. The van der Waals surface area contributed by atoms with Crippen molar-refractivity contribution in [3.05, 3.63) is 19.3 Å². The van der Waals surface area contributed by atoms with Crippen LogP contribution >= 0.6 is 0 Å². The van der Waals surface area contributed by atoms with Crippen molar-refractivity contribution < 1.29 is 9.31 Å². The van der Waals surface area contributed by atoms with Gasteiger partial charge in [0.25, 0.3) is 0 Å². The Bertz CT molecular complexity index is 422. The van der Waals surface area contributed by atoms with Gasteiger partial charge in [-0.1, -0.05) is 13.8 Å². The van der Waals surface area contributed by atoms with E-state index in [1.165, 1.54) is 0 Å². The summed E-state index contributed by atoms with van der Waals surface area (Å²) < 4.78 is 14.0. The Hall–Kier alpha value is -0.805. The number of hydrogen-bond donors (Lipinski definition) is 0. The summed E-state index contributed by atoms with van der Waals surface area (Å²) in [7, 11) is -0.332. The van der Waals surface area contributed by atoms with Gasteiger partial charge < -0.3 is 9.31 Å². The van der Waals surface area contributed by atoms with Crippen LogP contribution in [0, 0.1) is 6.92 Å². The van der Waals surface area contributed by atoms with Gasteiger partial charge in [0.2, 0.25) is 0 Å². The lowest BCUT2D eigenvalue weighted by Gasteiger charge is -2.32. The van der Waals surface area contributed by atoms with Crippen LogP contribution in [0.15, 0.2) is 12.4 Å². The quantitative estimate of drug-likeness (QED) is 0.782. The summed E-state index contributed by atoms with van der Waals surface area (Å²) >= 11 is 0. The molecule has 0 aromatic carbocycles. The number of rotatable bonds is 4. The zero-order valence-electron chi connectivity index (χ0n) is 12.6. The van der Waals surface area contributed by atoms with E-state index in [1.54, 1.807) is 0 Å². The molecule has 0 bridgehead atoms. The zero-order valence-corrected chi connectivity index (χ0v) is 12.6. The Morgan fingerprint density at radius 3 is 2.37 bits per heavy atom. The van der Waals surface area contributed by atoms with Gasteiger partial charge in [-0.2, -0.15) is 5.10 Å². The fourth-order valence-corrected chi connectivity index (χ4v) is 2.18. The number of aromatic nitrogens is 2. The molecule has 1 aliphatic heterocycles. The van der Waals surface area contributed by atoms with Gasteiger partial charge in [0.1, 0.15) is 0 Å². The Labute approximate surface area is 116 Å². The number of hydrogen-bond acceptors (Lipinski definition) is 3. The molecule has 0 saturated carbocycles. The summed E-state index contributed by atoms with van der Waals surface area (Å²) in [5, 5.41) is 4.41. The highest BCUT2D eigenvalue weighted by atomic mass is 16.7. The first-order valence-corrected chi connectivity index (χ1v) is 6.99. The van der Waals surface area contributed by atoms with E-state index in [2.05, 4.69) is 46.6 Å². The molecule has 0 aliphatic carbocycles. The predicted octanol–water partition coefficient (Wildman–Crippen LogP) is 2.36. The monoisotopic (exact) mass is 263 g/mol. The topological polar surface area (TPSA) is 36.3 Å². The van der Waals surface area contributed by atoms with Crippen LogP contribution in [0.2, 0.25) is 0 Å². The van der Waals surface area contributed by atoms with E-state index in [-0.39, 0.29) is 18.3 Å². The van der Waals surface area contributed by atoms with Gasteiger partial charge in [-0.15, -0.1) is 0 Å². The maximum atomic E-state index is 6.02. The van der Waals surface area contributed by atoms with Gasteiger partial charge in [0, 0.05) is 17.9 Å². The molecule has 19 heavy (non-hydrogen) atoms. The van der Waals surface area contributed by atoms with Gasteiger partial charge in [-0.05, 0) is 40.5 Å². The smallest absolute Gasteiger partial charge is 0.399 e. The van der Waals surface area contributed by atoms with Gasteiger partial charge in [0.15, 0.2) is 0 Å². The lowest BCUT2D eigenvalue weighted by atomic mass is 9.82. The van der Waals surface area contributed by atoms with E-state index >= 15 is 0 Å². The lowest BCUT2D eigenvalue weighted by molar-refractivity contribution is 0.00578. The minimum absolute atomic E-state index is 0.309. The number of nitrogens with zero attached hydrogens (tertiary/aromatic N) is 2. The maximum absolute atomic E-state index is 6.02. The van der Waals surface area contributed by atoms with Crippen LogP contribution in [0.1, 0.15) is 53.5 Å². The average Bonchev–Trinajstić information content (AvgIpc) is 2.85. The first-order chi connectivity index (χ1) is 8.80. The molecule has 0 N–H and O–H groups in total. The molecule has 0 amide bonds. The molecule has 1 atom stereocenters. The highest BCUT2D eigenvalue weighted by Crippen LogP contribution is 2.36. The Balaban J connectivity index is 2.17. The molecule has 1 aliphatic rings. The second kappa shape index (κ2) is 4.95. The molecule has 0 spiro atoms. The van der Waals surface area contributed by atoms with Gasteiger partial charge in [0.05, 0.1) is 17.2 Å². The Kier molecular flexibility index (Phi) is 3.80.